The normalized spacial score (nSPS) is 10.8. The Morgan fingerprint density at radius 3 is 2.88 bits per heavy atom. The van der Waals surface area contributed by atoms with Gasteiger partial charge < -0.3 is 0 Å². The van der Waals surface area contributed by atoms with Gasteiger partial charge in [0.15, 0.2) is 5.82 Å². The van der Waals surface area contributed by atoms with E-state index in [1.807, 2.05) is 23.6 Å². The van der Waals surface area contributed by atoms with Gasteiger partial charge in [0.05, 0.1) is 11.6 Å². The third-order valence-corrected chi connectivity index (χ3v) is 3.51. The fourth-order valence-corrected chi connectivity index (χ4v) is 2.36. The fourth-order valence-electron chi connectivity index (χ4n) is 1.37. The van der Waals surface area contributed by atoms with Gasteiger partial charge in [0.2, 0.25) is 0 Å². The molecule has 1 aromatic carbocycles. The smallest absolute Gasteiger partial charge is 0.152 e. The predicted molar refractivity (Wildman–Crippen MR) is 68.4 cm³/mol. The number of hydrogen-bond donors (Lipinski definition) is 0. The summed E-state index contributed by atoms with van der Waals surface area (Å²) in [6.07, 6.45) is 1.61. The number of rotatable bonds is 2. The summed E-state index contributed by atoms with van der Waals surface area (Å²) < 4.78 is 2.74. The molecule has 0 spiro atoms. The fraction of sp³-hybridized carbons (Fsp3) is 0.200. The van der Waals surface area contributed by atoms with Crippen molar-refractivity contribution in [2.75, 3.05) is 0 Å². The van der Waals surface area contributed by atoms with Gasteiger partial charge >= 0.3 is 0 Å². The van der Waals surface area contributed by atoms with Crippen molar-refractivity contribution < 1.29 is 0 Å². The van der Waals surface area contributed by atoms with Crippen LogP contribution in [-0.4, -0.2) is 14.8 Å². The molecular weight excluding hydrogens is 313 g/mol. The van der Waals surface area contributed by atoms with Gasteiger partial charge in [0, 0.05) is 9.50 Å². The molecule has 84 valence electrons. The molecule has 0 amide bonds. The first-order chi connectivity index (χ1) is 7.63. The number of nitrogens with zero attached hydrogens (tertiary/aromatic N) is 3. The number of aryl methyl sites for hydroxylation is 1. The Kier molecular flexibility index (Phi) is 3.52. The predicted octanol–water partition coefficient (Wildman–Crippen LogP) is 3.73. The van der Waals surface area contributed by atoms with E-state index in [1.54, 1.807) is 6.33 Å². The number of aromatic nitrogens is 3. The van der Waals surface area contributed by atoms with Crippen LogP contribution in [0, 0.1) is 6.92 Å². The lowest BCUT2D eigenvalue weighted by Gasteiger charge is -2.09. The summed E-state index contributed by atoms with van der Waals surface area (Å²) >= 11 is 15.4. The van der Waals surface area contributed by atoms with Gasteiger partial charge in [-0.1, -0.05) is 11.6 Å². The third-order valence-electron chi connectivity index (χ3n) is 2.23. The molecule has 0 aliphatic heterocycles. The highest BCUT2D eigenvalue weighted by atomic mass is 79.9. The maximum atomic E-state index is 6.09. The van der Waals surface area contributed by atoms with E-state index < -0.39 is 0 Å². The first-order valence-electron chi connectivity index (χ1n) is 4.54. The average molecular weight is 321 g/mol. The Hall–Kier alpha value is -0.580. The Balaban J connectivity index is 2.60. The van der Waals surface area contributed by atoms with Crippen molar-refractivity contribution in [1.29, 1.82) is 0 Å². The average Bonchev–Trinajstić information content (AvgIpc) is 2.71. The van der Waals surface area contributed by atoms with Gasteiger partial charge in [0.1, 0.15) is 6.33 Å². The van der Waals surface area contributed by atoms with Crippen LogP contribution in [0.25, 0.3) is 5.69 Å². The zero-order chi connectivity index (χ0) is 11.7. The second kappa shape index (κ2) is 4.73. The van der Waals surface area contributed by atoms with Crippen molar-refractivity contribution in [2.24, 2.45) is 0 Å². The van der Waals surface area contributed by atoms with E-state index in [2.05, 4.69) is 26.1 Å². The Morgan fingerprint density at radius 2 is 2.19 bits per heavy atom. The van der Waals surface area contributed by atoms with Gasteiger partial charge in [-0.25, -0.2) is 0 Å². The molecule has 0 aliphatic carbocycles. The molecule has 0 aliphatic rings. The molecule has 16 heavy (non-hydrogen) atoms. The molecule has 6 heteroatoms. The van der Waals surface area contributed by atoms with Gasteiger partial charge in [0.25, 0.3) is 0 Å². The molecule has 0 N–H and O–H groups in total. The summed E-state index contributed by atoms with van der Waals surface area (Å²) in [7, 11) is 0. The van der Waals surface area contributed by atoms with E-state index >= 15 is 0 Å². The maximum absolute atomic E-state index is 6.09. The summed E-state index contributed by atoms with van der Waals surface area (Å²) in [6, 6.07) is 3.82. The van der Waals surface area contributed by atoms with Crippen LogP contribution < -0.4 is 0 Å². The molecule has 2 aromatic rings. The zero-order valence-corrected chi connectivity index (χ0v) is 11.5. The second-order valence-corrected chi connectivity index (χ2v) is 4.83. The van der Waals surface area contributed by atoms with Gasteiger partial charge in [-0.15, -0.1) is 21.8 Å². The molecule has 0 unspecified atom stereocenters. The van der Waals surface area contributed by atoms with Crippen LogP contribution in [0.1, 0.15) is 11.4 Å². The standard InChI is InChI=1S/C10H8BrCl2N3/c1-6-2-7(11)9(3-8(6)13)16-5-14-15-10(16)4-12/h2-3,5H,4H2,1H3. The number of benzene rings is 1. The molecule has 0 atom stereocenters. The topological polar surface area (TPSA) is 30.7 Å². The van der Waals surface area contributed by atoms with E-state index in [4.69, 9.17) is 23.2 Å². The van der Waals surface area contributed by atoms with Crippen LogP contribution in [0.4, 0.5) is 0 Å². The maximum Gasteiger partial charge on any atom is 0.152 e. The largest absolute Gasteiger partial charge is 0.283 e. The van der Waals surface area contributed by atoms with Crippen molar-refractivity contribution in [3.63, 3.8) is 0 Å². The molecular formula is C10H8BrCl2N3. The Bertz CT molecular complexity index is 525. The van der Waals surface area contributed by atoms with Crippen LogP contribution in [0.2, 0.25) is 5.02 Å². The number of halogens is 3. The molecule has 0 bridgehead atoms. The lowest BCUT2D eigenvalue weighted by Crippen LogP contribution is -1.99. The van der Waals surface area contributed by atoms with Crippen molar-refractivity contribution >= 4 is 39.1 Å². The monoisotopic (exact) mass is 319 g/mol. The van der Waals surface area contributed by atoms with Crippen molar-refractivity contribution in [3.8, 4) is 5.69 Å². The summed E-state index contributed by atoms with van der Waals surface area (Å²) in [5.41, 5.74) is 1.90. The first-order valence-corrected chi connectivity index (χ1v) is 6.25. The lowest BCUT2D eigenvalue weighted by atomic mass is 10.2. The molecule has 1 aromatic heterocycles. The van der Waals surface area contributed by atoms with E-state index in [-0.39, 0.29) is 0 Å². The number of alkyl halides is 1. The Labute approximate surface area is 112 Å². The van der Waals surface area contributed by atoms with Gasteiger partial charge in [-0.3, -0.25) is 4.57 Å². The van der Waals surface area contributed by atoms with Crippen molar-refractivity contribution in [3.05, 3.63) is 39.3 Å². The first kappa shape index (κ1) is 11.9. The summed E-state index contributed by atoms with van der Waals surface area (Å²) in [6.45, 7) is 1.95. The van der Waals surface area contributed by atoms with E-state index in [9.17, 15) is 0 Å². The lowest BCUT2D eigenvalue weighted by molar-refractivity contribution is 0.946. The van der Waals surface area contributed by atoms with Crippen LogP contribution >= 0.6 is 39.1 Å². The van der Waals surface area contributed by atoms with Crippen LogP contribution in [0.3, 0.4) is 0 Å². The number of hydrogen-bond acceptors (Lipinski definition) is 2. The van der Waals surface area contributed by atoms with E-state index in [1.165, 1.54) is 0 Å². The minimum atomic E-state index is 0.304. The molecule has 0 radical (unpaired) electrons. The van der Waals surface area contributed by atoms with Gasteiger partial charge in [-0.2, -0.15) is 0 Å². The summed E-state index contributed by atoms with van der Waals surface area (Å²) in [5, 5.41) is 8.45. The molecule has 0 saturated carbocycles. The summed E-state index contributed by atoms with van der Waals surface area (Å²) in [5.74, 6) is 0.986. The minimum absolute atomic E-state index is 0.304. The minimum Gasteiger partial charge on any atom is -0.283 e. The second-order valence-electron chi connectivity index (χ2n) is 3.30. The van der Waals surface area contributed by atoms with Gasteiger partial charge in [-0.05, 0) is 40.5 Å². The van der Waals surface area contributed by atoms with Crippen molar-refractivity contribution in [2.45, 2.75) is 12.8 Å². The SMILES string of the molecule is Cc1cc(Br)c(-n2cnnc2CCl)cc1Cl. The molecule has 0 saturated heterocycles. The van der Waals surface area contributed by atoms with Crippen LogP contribution in [0.15, 0.2) is 22.9 Å². The highest BCUT2D eigenvalue weighted by molar-refractivity contribution is 9.10. The highest BCUT2D eigenvalue weighted by Crippen LogP contribution is 2.28. The zero-order valence-electron chi connectivity index (χ0n) is 8.41. The van der Waals surface area contributed by atoms with E-state index in [0.29, 0.717) is 16.7 Å². The third kappa shape index (κ3) is 2.10. The molecule has 0 fully saturated rings. The van der Waals surface area contributed by atoms with Crippen molar-refractivity contribution in [1.82, 2.24) is 14.8 Å². The van der Waals surface area contributed by atoms with E-state index in [0.717, 1.165) is 15.7 Å². The van der Waals surface area contributed by atoms with Crippen LogP contribution in [-0.2, 0) is 5.88 Å². The molecule has 3 nitrogen and oxygen atoms in total. The summed E-state index contributed by atoms with van der Waals surface area (Å²) in [4.78, 5) is 0. The molecule has 1 heterocycles. The quantitative estimate of drug-likeness (QED) is 0.789. The van der Waals surface area contributed by atoms with Crippen LogP contribution in [0.5, 0.6) is 0 Å². The Morgan fingerprint density at radius 1 is 1.44 bits per heavy atom. The molecule has 2 rings (SSSR count). The highest BCUT2D eigenvalue weighted by Gasteiger charge is 2.10.